The molecular weight excluding hydrogens is 336 g/mol. The van der Waals surface area contributed by atoms with Crippen LogP contribution in [0.1, 0.15) is 36.5 Å². The summed E-state index contributed by atoms with van der Waals surface area (Å²) in [4.78, 5) is 6.99. The van der Waals surface area contributed by atoms with E-state index in [4.69, 9.17) is 4.52 Å². The van der Waals surface area contributed by atoms with Crippen LogP contribution in [0.2, 0.25) is 0 Å². The molecule has 1 aromatic heterocycles. The molecule has 5 nitrogen and oxygen atoms in total. The Morgan fingerprint density at radius 1 is 1.16 bits per heavy atom. The summed E-state index contributed by atoms with van der Waals surface area (Å²) in [5.74, 6) is 2.43. The summed E-state index contributed by atoms with van der Waals surface area (Å²) in [5.41, 5.74) is 1.31. The summed E-state index contributed by atoms with van der Waals surface area (Å²) in [5, 5.41) is 7.38. The maximum absolute atomic E-state index is 5.43. The van der Waals surface area contributed by atoms with Crippen LogP contribution in [0.15, 0.2) is 34.9 Å². The van der Waals surface area contributed by atoms with Crippen molar-refractivity contribution < 1.29 is 4.52 Å². The summed E-state index contributed by atoms with van der Waals surface area (Å²) in [6, 6.07) is 10.4. The molecule has 2 aromatic rings. The van der Waals surface area contributed by atoms with E-state index in [2.05, 4.69) is 44.6 Å². The van der Waals surface area contributed by atoms with Gasteiger partial charge in [-0.2, -0.15) is 4.98 Å². The van der Waals surface area contributed by atoms with E-state index in [9.17, 15) is 0 Å². The first-order chi connectivity index (χ1) is 11.8. The molecule has 0 amide bonds. The van der Waals surface area contributed by atoms with Gasteiger partial charge in [-0.25, -0.2) is 0 Å². The van der Waals surface area contributed by atoms with E-state index in [0.717, 1.165) is 56.7 Å². The molecule has 25 heavy (non-hydrogen) atoms. The lowest BCUT2D eigenvalue weighted by molar-refractivity contribution is 0.155. The molecule has 6 heteroatoms. The highest BCUT2D eigenvalue weighted by molar-refractivity contribution is 5.85. The lowest BCUT2D eigenvalue weighted by Crippen LogP contribution is -2.34. The van der Waals surface area contributed by atoms with Crippen LogP contribution >= 0.6 is 12.4 Å². The van der Waals surface area contributed by atoms with Crippen molar-refractivity contribution in [3.8, 4) is 0 Å². The Hall–Kier alpha value is -1.43. The van der Waals surface area contributed by atoms with Gasteiger partial charge in [0.05, 0.1) is 6.54 Å². The number of aryl methyl sites for hydroxylation is 2. The minimum atomic E-state index is 0. The van der Waals surface area contributed by atoms with Crippen molar-refractivity contribution in [1.82, 2.24) is 20.4 Å². The molecule has 1 aromatic carbocycles. The highest BCUT2D eigenvalue weighted by atomic mass is 35.5. The first-order valence-electron chi connectivity index (χ1n) is 9.06. The zero-order valence-electron chi connectivity index (χ0n) is 15.0. The van der Waals surface area contributed by atoms with E-state index in [1.54, 1.807) is 0 Å². The summed E-state index contributed by atoms with van der Waals surface area (Å²) >= 11 is 0. The second kappa shape index (κ2) is 10.5. The molecule has 0 bridgehead atoms. The molecule has 1 N–H and O–H groups in total. The number of nitrogens with zero attached hydrogens (tertiary/aromatic N) is 3. The fourth-order valence-electron chi connectivity index (χ4n) is 3.33. The third kappa shape index (κ3) is 6.42. The number of nitrogens with one attached hydrogen (secondary N) is 1. The van der Waals surface area contributed by atoms with Gasteiger partial charge in [0.1, 0.15) is 0 Å². The van der Waals surface area contributed by atoms with Gasteiger partial charge in [0.25, 0.3) is 0 Å². The fourth-order valence-corrected chi connectivity index (χ4v) is 3.33. The molecule has 0 atom stereocenters. The van der Waals surface area contributed by atoms with Crippen molar-refractivity contribution in [2.45, 2.75) is 38.6 Å². The van der Waals surface area contributed by atoms with Crippen molar-refractivity contribution >= 4 is 12.4 Å². The molecule has 3 rings (SSSR count). The molecule has 1 saturated heterocycles. The summed E-state index contributed by atoms with van der Waals surface area (Å²) in [7, 11) is 2.03. The van der Waals surface area contributed by atoms with Crippen LogP contribution in [0.4, 0.5) is 0 Å². The Kier molecular flexibility index (Phi) is 8.38. The zero-order chi connectivity index (χ0) is 16.6. The van der Waals surface area contributed by atoms with E-state index in [1.807, 2.05) is 13.1 Å². The lowest BCUT2D eigenvalue weighted by Gasteiger charge is -2.30. The zero-order valence-corrected chi connectivity index (χ0v) is 15.8. The van der Waals surface area contributed by atoms with Gasteiger partial charge in [-0.1, -0.05) is 35.5 Å². The quantitative estimate of drug-likeness (QED) is 0.780. The largest absolute Gasteiger partial charge is 0.338 e. The lowest BCUT2D eigenvalue weighted by atomic mass is 9.93. The van der Waals surface area contributed by atoms with Gasteiger partial charge in [-0.3, -0.25) is 4.90 Å². The second-order valence-corrected chi connectivity index (χ2v) is 6.70. The van der Waals surface area contributed by atoms with Crippen LogP contribution in [0, 0.1) is 5.92 Å². The van der Waals surface area contributed by atoms with Crippen molar-refractivity contribution in [3.05, 3.63) is 47.6 Å². The molecule has 0 spiro atoms. The van der Waals surface area contributed by atoms with Crippen molar-refractivity contribution in [3.63, 3.8) is 0 Å². The molecular formula is C19H29ClN4O. The predicted molar refractivity (Wildman–Crippen MR) is 102 cm³/mol. The summed E-state index contributed by atoms with van der Waals surface area (Å²) in [6.07, 6.45) is 5.62. The monoisotopic (exact) mass is 364 g/mol. The molecule has 0 radical (unpaired) electrons. The van der Waals surface area contributed by atoms with Crippen molar-refractivity contribution in [1.29, 1.82) is 0 Å². The molecule has 0 aliphatic carbocycles. The van der Waals surface area contributed by atoms with E-state index in [-0.39, 0.29) is 12.4 Å². The maximum atomic E-state index is 5.43. The number of rotatable bonds is 8. The minimum absolute atomic E-state index is 0. The van der Waals surface area contributed by atoms with Crippen LogP contribution in [-0.4, -0.2) is 41.7 Å². The van der Waals surface area contributed by atoms with Crippen molar-refractivity contribution in [2.75, 3.05) is 26.7 Å². The molecule has 1 aliphatic rings. The Morgan fingerprint density at radius 3 is 2.64 bits per heavy atom. The van der Waals surface area contributed by atoms with E-state index < -0.39 is 0 Å². The normalized spacial score (nSPS) is 15.9. The number of benzene rings is 1. The maximum Gasteiger partial charge on any atom is 0.240 e. The van der Waals surface area contributed by atoms with Gasteiger partial charge < -0.3 is 9.84 Å². The smallest absolute Gasteiger partial charge is 0.240 e. The van der Waals surface area contributed by atoms with Gasteiger partial charge in [0, 0.05) is 6.42 Å². The molecule has 2 heterocycles. The van der Waals surface area contributed by atoms with Gasteiger partial charge in [-0.15, -0.1) is 12.4 Å². The van der Waals surface area contributed by atoms with Gasteiger partial charge in [-0.05, 0) is 63.8 Å². The van der Waals surface area contributed by atoms with Crippen LogP contribution in [-0.2, 0) is 19.4 Å². The van der Waals surface area contributed by atoms with Crippen LogP contribution in [0.5, 0.6) is 0 Å². The third-order valence-corrected chi connectivity index (χ3v) is 4.86. The molecule has 1 fully saturated rings. The Morgan fingerprint density at radius 2 is 1.92 bits per heavy atom. The number of aromatic nitrogens is 2. The fraction of sp³-hybridized carbons (Fsp3) is 0.579. The van der Waals surface area contributed by atoms with Gasteiger partial charge >= 0.3 is 0 Å². The summed E-state index contributed by atoms with van der Waals surface area (Å²) in [6.45, 7) is 4.18. The van der Waals surface area contributed by atoms with Gasteiger partial charge in [0.2, 0.25) is 5.89 Å². The first kappa shape index (κ1) is 19.9. The predicted octanol–water partition coefficient (Wildman–Crippen LogP) is 3.10. The van der Waals surface area contributed by atoms with E-state index in [0.29, 0.717) is 0 Å². The number of hydrogen-bond donors (Lipinski definition) is 1. The SMILES string of the molecule is CNCCC1CCN(Cc2nc(CCc3ccccc3)no2)CC1.Cl. The van der Waals surface area contributed by atoms with Gasteiger partial charge in [0.15, 0.2) is 5.82 Å². The Balaban J connectivity index is 0.00000225. The van der Waals surface area contributed by atoms with Crippen LogP contribution < -0.4 is 5.32 Å². The highest BCUT2D eigenvalue weighted by Crippen LogP contribution is 2.21. The van der Waals surface area contributed by atoms with E-state index in [1.165, 1.54) is 24.8 Å². The standard InChI is InChI=1S/C19H28N4O.ClH/c1-20-12-9-17-10-13-23(14-11-17)15-19-21-18(22-24-19)8-7-16-5-3-2-4-6-16;/h2-6,17,20H,7-15H2,1H3;1H. The molecule has 138 valence electrons. The topological polar surface area (TPSA) is 54.2 Å². The molecule has 0 saturated carbocycles. The number of halogens is 1. The average molecular weight is 365 g/mol. The Bertz CT molecular complexity index is 596. The van der Waals surface area contributed by atoms with Crippen molar-refractivity contribution in [2.24, 2.45) is 5.92 Å². The molecule has 1 aliphatic heterocycles. The number of hydrogen-bond acceptors (Lipinski definition) is 5. The minimum Gasteiger partial charge on any atom is -0.338 e. The first-order valence-corrected chi connectivity index (χ1v) is 9.06. The summed E-state index contributed by atoms with van der Waals surface area (Å²) < 4.78 is 5.43. The Labute approximate surface area is 156 Å². The highest BCUT2D eigenvalue weighted by Gasteiger charge is 2.20. The second-order valence-electron chi connectivity index (χ2n) is 6.70. The third-order valence-electron chi connectivity index (χ3n) is 4.86. The van der Waals surface area contributed by atoms with E-state index >= 15 is 0 Å². The average Bonchev–Trinajstić information content (AvgIpc) is 3.08. The van der Waals surface area contributed by atoms with Crippen LogP contribution in [0.25, 0.3) is 0 Å². The molecule has 0 unspecified atom stereocenters. The number of piperidine rings is 1. The number of likely N-dealkylation sites (tertiary alicyclic amines) is 1. The van der Waals surface area contributed by atoms with Crippen LogP contribution in [0.3, 0.4) is 0 Å².